The lowest BCUT2D eigenvalue weighted by Crippen LogP contribution is -2.33. The summed E-state index contributed by atoms with van der Waals surface area (Å²) in [5.74, 6) is -0.118. The molecule has 2 heterocycles. The molecule has 0 saturated heterocycles. The van der Waals surface area contributed by atoms with Gasteiger partial charge < -0.3 is 5.32 Å². The largest absolute Gasteiger partial charge is 0.322 e. The zero-order valence-electron chi connectivity index (χ0n) is 6.46. The van der Waals surface area contributed by atoms with Crippen molar-refractivity contribution in [1.82, 2.24) is 5.32 Å². The summed E-state index contributed by atoms with van der Waals surface area (Å²) in [5.41, 5.74) is 1.14. The summed E-state index contributed by atoms with van der Waals surface area (Å²) in [6, 6.07) is 0. The van der Waals surface area contributed by atoms with Gasteiger partial charge in [-0.2, -0.15) is 0 Å². The van der Waals surface area contributed by atoms with Crippen molar-refractivity contribution < 1.29 is 9.59 Å². The number of hydrogen-bond acceptors (Lipinski definition) is 3. The minimum absolute atomic E-state index is 0.0342. The van der Waals surface area contributed by atoms with E-state index in [1.54, 1.807) is 6.21 Å². The lowest BCUT2D eigenvalue weighted by molar-refractivity contribution is -0.123. The fourth-order valence-corrected chi connectivity index (χ4v) is 1.33. The number of ketones is 1. The molecular weight excluding hydrogens is 156 g/mol. The van der Waals surface area contributed by atoms with E-state index in [9.17, 15) is 9.59 Å². The molecule has 4 nitrogen and oxygen atoms in total. The zero-order chi connectivity index (χ0) is 8.55. The minimum atomic E-state index is -0.0841. The molecule has 0 fully saturated rings. The van der Waals surface area contributed by atoms with Crippen molar-refractivity contribution in [3.8, 4) is 0 Å². The van der Waals surface area contributed by atoms with Crippen molar-refractivity contribution in [2.75, 3.05) is 0 Å². The molecule has 1 amide bonds. The molecule has 0 aromatic rings. The number of Topliss-reactive ketones (excluding diaryl/α,β-unsaturated/α-hetero) is 1. The average Bonchev–Trinajstić information content (AvgIpc) is 2.07. The fraction of sp³-hybridized carbons (Fsp3) is 0.375. The van der Waals surface area contributed by atoms with E-state index in [-0.39, 0.29) is 11.7 Å². The molecule has 62 valence electrons. The number of rotatable bonds is 0. The molecule has 2 rings (SSSR count). The van der Waals surface area contributed by atoms with E-state index in [0.717, 1.165) is 5.70 Å². The Morgan fingerprint density at radius 3 is 3.00 bits per heavy atom. The standard InChI is InChI=1S/C8H8N2O2/c11-6-3-4-9-5-1-2-7(12)10-8(5)6/h4H,1-3H2,(H,10,12). The van der Waals surface area contributed by atoms with E-state index in [2.05, 4.69) is 10.3 Å². The van der Waals surface area contributed by atoms with Crippen LogP contribution in [0.5, 0.6) is 0 Å². The van der Waals surface area contributed by atoms with E-state index in [4.69, 9.17) is 0 Å². The maximum absolute atomic E-state index is 11.2. The van der Waals surface area contributed by atoms with Gasteiger partial charge in [0, 0.05) is 25.5 Å². The molecule has 2 aliphatic heterocycles. The van der Waals surface area contributed by atoms with Crippen LogP contribution in [0, 0.1) is 0 Å². The molecule has 4 heteroatoms. The second kappa shape index (κ2) is 2.55. The monoisotopic (exact) mass is 164 g/mol. The maximum atomic E-state index is 11.2. The molecule has 0 saturated carbocycles. The van der Waals surface area contributed by atoms with Crippen LogP contribution < -0.4 is 5.32 Å². The molecular formula is C8H8N2O2. The SMILES string of the molecule is O=C1CCC2=C(N1)C(=O)CC=N2. The van der Waals surface area contributed by atoms with Crippen molar-refractivity contribution >= 4 is 17.9 Å². The molecule has 0 unspecified atom stereocenters. The zero-order valence-corrected chi connectivity index (χ0v) is 6.46. The number of allylic oxidation sites excluding steroid dienone is 2. The van der Waals surface area contributed by atoms with Crippen LogP contribution >= 0.6 is 0 Å². The van der Waals surface area contributed by atoms with Gasteiger partial charge >= 0.3 is 0 Å². The highest BCUT2D eigenvalue weighted by Crippen LogP contribution is 2.20. The van der Waals surface area contributed by atoms with Crippen molar-refractivity contribution in [1.29, 1.82) is 0 Å². The Balaban J connectivity index is 2.37. The first-order valence-corrected chi connectivity index (χ1v) is 3.86. The van der Waals surface area contributed by atoms with Crippen molar-refractivity contribution in [3.05, 3.63) is 11.4 Å². The third-order valence-corrected chi connectivity index (χ3v) is 1.94. The molecule has 0 aliphatic carbocycles. The number of amides is 1. The Morgan fingerprint density at radius 2 is 2.17 bits per heavy atom. The van der Waals surface area contributed by atoms with Crippen LogP contribution in [-0.2, 0) is 9.59 Å². The summed E-state index contributed by atoms with van der Waals surface area (Å²) in [6.45, 7) is 0. The molecule has 12 heavy (non-hydrogen) atoms. The number of carbonyl (C=O) groups excluding carboxylic acids is 2. The van der Waals surface area contributed by atoms with Crippen molar-refractivity contribution in [3.63, 3.8) is 0 Å². The number of aliphatic imine (C=N–C) groups is 1. The summed E-state index contributed by atoms with van der Waals surface area (Å²) in [5, 5.41) is 2.55. The summed E-state index contributed by atoms with van der Waals surface area (Å²) in [7, 11) is 0. The lowest BCUT2D eigenvalue weighted by Gasteiger charge is -2.19. The van der Waals surface area contributed by atoms with Crippen LogP contribution in [0.15, 0.2) is 16.4 Å². The van der Waals surface area contributed by atoms with Gasteiger partial charge in [0.1, 0.15) is 5.70 Å². The van der Waals surface area contributed by atoms with E-state index in [1.165, 1.54) is 0 Å². The molecule has 0 aromatic carbocycles. The summed E-state index contributed by atoms with van der Waals surface area (Å²) in [4.78, 5) is 26.2. The predicted molar refractivity (Wildman–Crippen MR) is 42.5 cm³/mol. The van der Waals surface area contributed by atoms with Gasteiger partial charge in [-0.25, -0.2) is 0 Å². The Bertz CT molecular complexity index is 315. The third-order valence-electron chi connectivity index (χ3n) is 1.94. The Labute approximate surface area is 69.4 Å². The van der Waals surface area contributed by atoms with Gasteiger partial charge in [-0.3, -0.25) is 14.6 Å². The predicted octanol–water partition coefficient (Wildman–Crippen LogP) is 0.152. The van der Waals surface area contributed by atoms with Gasteiger partial charge in [0.25, 0.3) is 0 Å². The highest BCUT2D eigenvalue weighted by atomic mass is 16.2. The van der Waals surface area contributed by atoms with Crippen LogP contribution in [0.4, 0.5) is 0 Å². The number of nitrogens with one attached hydrogen (secondary N) is 1. The van der Waals surface area contributed by atoms with Gasteiger partial charge in [0.05, 0.1) is 5.70 Å². The molecule has 0 atom stereocenters. The topological polar surface area (TPSA) is 58.5 Å². The van der Waals surface area contributed by atoms with Crippen LogP contribution in [0.3, 0.4) is 0 Å². The highest BCUT2D eigenvalue weighted by Gasteiger charge is 2.24. The second-order valence-corrected chi connectivity index (χ2v) is 2.81. The van der Waals surface area contributed by atoms with Crippen LogP contribution in [0.25, 0.3) is 0 Å². The molecule has 0 radical (unpaired) electrons. The third kappa shape index (κ3) is 1.05. The molecule has 1 N–H and O–H groups in total. The average molecular weight is 164 g/mol. The van der Waals surface area contributed by atoms with Gasteiger partial charge in [-0.05, 0) is 0 Å². The summed E-state index contributed by atoms with van der Waals surface area (Å²) >= 11 is 0. The fourth-order valence-electron chi connectivity index (χ4n) is 1.33. The minimum Gasteiger partial charge on any atom is -0.322 e. The first-order valence-electron chi connectivity index (χ1n) is 3.86. The molecule has 0 spiro atoms. The van der Waals surface area contributed by atoms with Crippen LogP contribution in [-0.4, -0.2) is 17.9 Å². The van der Waals surface area contributed by atoms with Gasteiger partial charge in [-0.1, -0.05) is 0 Å². The molecule has 0 bridgehead atoms. The van der Waals surface area contributed by atoms with Gasteiger partial charge in [-0.15, -0.1) is 0 Å². The summed E-state index contributed by atoms with van der Waals surface area (Å²) in [6.07, 6.45) is 2.92. The first-order chi connectivity index (χ1) is 5.77. The molecule has 0 aromatic heterocycles. The van der Waals surface area contributed by atoms with E-state index in [1.807, 2.05) is 0 Å². The smallest absolute Gasteiger partial charge is 0.224 e. The van der Waals surface area contributed by atoms with E-state index < -0.39 is 0 Å². The lowest BCUT2D eigenvalue weighted by atomic mass is 10.0. The maximum Gasteiger partial charge on any atom is 0.224 e. The van der Waals surface area contributed by atoms with Gasteiger partial charge in [0.15, 0.2) is 5.78 Å². The van der Waals surface area contributed by atoms with Crippen molar-refractivity contribution in [2.45, 2.75) is 19.3 Å². The highest BCUT2D eigenvalue weighted by molar-refractivity contribution is 6.08. The Hall–Kier alpha value is -1.45. The van der Waals surface area contributed by atoms with Crippen LogP contribution in [0.2, 0.25) is 0 Å². The Kier molecular flexibility index (Phi) is 1.53. The van der Waals surface area contributed by atoms with Gasteiger partial charge in [0.2, 0.25) is 5.91 Å². The quantitative estimate of drug-likeness (QED) is 0.554. The number of carbonyl (C=O) groups is 2. The Morgan fingerprint density at radius 1 is 1.33 bits per heavy atom. The summed E-state index contributed by atoms with van der Waals surface area (Å²) < 4.78 is 0. The normalized spacial score (nSPS) is 22.3. The first kappa shape index (κ1) is 7.21. The number of hydrogen-bond donors (Lipinski definition) is 1. The van der Waals surface area contributed by atoms with Crippen molar-refractivity contribution in [2.24, 2.45) is 4.99 Å². The van der Waals surface area contributed by atoms with E-state index >= 15 is 0 Å². The van der Waals surface area contributed by atoms with E-state index in [0.29, 0.717) is 25.0 Å². The second-order valence-electron chi connectivity index (χ2n) is 2.81. The number of nitrogens with zero attached hydrogens (tertiary/aromatic N) is 1. The molecule has 2 aliphatic rings. The van der Waals surface area contributed by atoms with Crippen LogP contribution in [0.1, 0.15) is 19.3 Å².